The molecule has 0 N–H and O–H groups in total. The fraction of sp³-hybridized carbons (Fsp3) is 0.846. The van der Waals surface area contributed by atoms with E-state index in [1.807, 2.05) is 4.90 Å². The monoisotopic (exact) mass is 270 g/mol. The van der Waals surface area contributed by atoms with Gasteiger partial charge in [-0.2, -0.15) is 0 Å². The number of carbonyl (C=O) groups is 2. The van der Waals surface area contributed by atoms with E-state index in [9.17, 15) is 9.59 Å². The molecule has 0 spiro atoms. The number of morpholine rings is 1. The van der Waals surface area contributed by atoms with Crippen molar-refractivity contribution in [2.24, 2.45) is 5.92 Å². The molecule has 2 heterocycles. The number of piperidine rings is 1. The van der Waals surface area contributed by atoms with Gasteiger partial charge in [-0.3, -0.25) is 0 Å². The molecule has 108 valence electrons. The van der Waals surface area contributed by atoms with Crippen LogP contribution in [0.5, 0.6) is 0 Å². The van der Waals surface area contributed by atoms with Crippen molar-refractivity contribution in [3.05, 3.63) is 0 Å². The van der Waals surface area contributed by atoms with Crippen molar-refractivity contribution in [1.29, 1.82) is 0 Å². The van der Waals surface area contributed by atoms with Crippen LogP contribution in [0.3, 0.4) is 0 Å². The number of hydrogen-bond donors (Lipinski definition) is 0. The smallest absolute Gasteiger partial charge is 0.336 e. The Morgan fingerprint density at radius 3 is 2.47 bits per heavy atom. The quantitative estimate of drug-likeness (QED) is 0.659. The third-order valence-corrected chi connectivity index (χ3v) is 3.86. The summed E-state index contributed by atoms with van der Waals surface area (Å²) in [6, 6.07) is 0.0177. The molecule has 1 unspecified atom stereocenters. The first-order valence-corrected chi connectivity index (χ1v) is 6.85. The van der Waals surface area contributed by atoms with Gasteiger partial charge in [0.05, 0.1) is 20.3 Å². The van der Waals surface area contributed by atoms with Gasteiger partial charge >= 0.3 is 12.0 Å². The molecule has 0 aromatic carbocycles. The van der Waals surface area contributed by atoms with Crippen molar-refractivity contribution in [3.8, 4) is 0 Å². The molecule has 0 aromatic rings. The number of likely N-dealkylation sites (tertiary alicyclic amines) is 1. The molecule has 0 aromatic heterocycles. The largest absolute Gasteiger partial charge is 0.467 e. The first kappa shape index (κ1) is 14.1. The van der Waals surface area contributed by atoms with Gasteiger partial charge in [0, 0.05) is 19.6 Å². The highest BCUT2D eigenvalue weighted by molar-refractivity contribution is 5.78. The maximum atomic E-state index is 12.4. The van der Waals surface area contributed by atoms with Gasteiger partial charge in [-0.25, -0.2) is 9.59 Å². The van der Waals surface area contributed by atoms with E-state index in [0.29, 0.717) is 19.1 Å². The molecule has 6 nitrogen and oxygen atoms in total. The number of rotatable bonds is 1. The topological polar surface area (TPSA) is 59.1 Å². The molecule has 0 bridgehead atoms. The Kier molecular flexibility index (Phi) is 4.63. The maximum Gasteiger partial charge on any atom is 0.336 e. The molecule has 2 fully saturated rings. The molecule has 19 heavy (non-hydrogen) atoms. The molecule has 2 rings (SSSR count). The zero-order chi connectivity index (χ0) is 13.8. The standard InChI is InChI=1S/C13H22N2O4/c1-10-3-5-14(6-4-10)13(17)15-7-8-19-11(9-15)12(16)18-2/h10-11H,3-9H2,1-2H3. The molecule has 0 saturated carbocycles. The van der Waals surface area contributed by atoms with Crippen LogP contribution < -0.4 is 0 Å². The SMILES string of the molecule is COC(=O)C1CN(C(=O)N2CCC(C)CC2)CCO1. The highest BCUT2D eigenvalue weighted by atomic mass is 16.6. The average Bonchev–Trinajstić information content (AvgIpc) is 2.46. The minimum Gasteiger partial charge on any atom is -0.467 e. The summed E-state index contributed by atoms with van der Waals surface area (Å²) in [7, 11) is 1.33. The summed E-state index contributed by atoms with van der Waals surface area (Å²) >= 11 is 0. The lowest BCUT2D eigenvalue weighted by atomic mass is 9.99. The summed E-state index contributed by atoms with van der Waals surface area (Å²) in [5.41, 5.74) is 0. The maximum absolute atomic E-state index is 12.4. The van der Waals surface area contributed by atoms with Crippen LogP contribution in [0.4, 0.5) is 4.79 Å². The van der Waals surface area contributed by atoms with Crippen molar-refractivity contribution >= 4 is 12.0 Å². The summed E-state index contributed by atoms with van der Waals surface area (Å²) in [6.07, 6.45) is 1.46. The number of carbonyl (C=O) groups excluding carboxylic acids is 2. The lowest BCUT2D eigenvalue weighted by Gasteiger charge is -2.38. The van der Waals surface area contributed by atoms with E-state index in [1.165, 1.54) is 7.11 Å². The Bertz CT molecular complexity index is 340. The molecule has 0 radical (unpaired) electrons. The van der Waals surface area contributed by atoms with Gasteiger partial charge in [0.2, 0.25) is 0 Å². The minimum atomic E-state index is -0.647. The second-order valence-electron chi connectivity index (χ2n) is 5.28. The van der Waals surface area contributed by atoms with Gasteiger partial charge in [-0.05, 0) is 18.8 Å². The van der Waals surface area contributed by atoms with Crippen molar-refractivity contribution in [2.75, 3.05) is 39.9 Å². The van der Waals surface area contributed by atoms with Crippen molar-refractivity contribution in [3.63, 3.8) is 0 Å². The predicted octanol–water partition coefficient (Wildman–Crippen LogP) is 0.712. The first-order chi connectivity index (χ1) is 9.11. The Hall–Kier alpha value is -1.30. The van der Waals surface area contributed by atoms with Crippen molar-refractivity contribution in [1.82, 2.24) is 9.80 Å². The highest BCUT2D eigenvalue weighted by Gasteiger charge is 2.32. The lowest BCUT2D eigenvalue weighted by Crippen LogP contribution is -2.54. The lowest BCUT2D eigenvalue weighted by molar-refractivity contribution is -0.158. The van der Waals surface area contributed by atoms with Crippen LogP contribution in [0, 0.1) is 5.92 Å². The Labute approximate surface area is 113 Å². The number of amides is 2. The van der Waals surface area contributed by atoms with E-state index in [-0.39, 0.29) is 12.6 Å². The summed E-state index contributed by atoms with van der Waals surface area (Å²) in [6.45, 7) is 5.04. The van der Waals surface area contributed by atoms with Crippen molar-refractivity contribution < 1.29 is 19.1 Å². The van der Waals surface area contributed by atoms with Crippen molar-refractivity contribution in [2.45, 2.75) is 25.9 Å². The number of urea groups is 1. The third kappa shape index (κ3) is 3.37. The van der Waals surface area contributed by atoms with E-state index in [1.54, 1.807) is 4.90 Å². The number of methoxy groups -OCH3 is 1. The molecular weight excluding hydrogens is 248 g/mol. The Morgan fingerprint density at radius 2 is 1.84 bits per heavy atom. The average molecular weight is 270 g/mol. The zero-order valence-corrected chi connectivity index (χ0v) is 11.6. The fourth-order valence-electron chi connectivity index (χ4n) is 2.50. The van der Waals surface area contributed by atoms with Crippen LogP contribution in [-0.2, 0) is 14.3 Å². The van der Waals surface area contributed by atoms with E-state index < -0.39 is 12.1 Å². The summed E-state index contributed by atoms with van der Waals surface area (Å²) < 4.78 is 9.99. The van der Waals surface area contributed by atoms with Gasteiger partial charge in [0.25, 0.3) is 0 Å². The van der Waals surface area contributed by atoms with Crippen LogP contribution in [-0.4, -0.2) is 67.8 Å². The van der Waals surface area contributed by atoms with Crippen LogP contribution in [0.25, 0.3) is 0 Å². The zero-order valence-electron chi connectivity index (χ0n) is 11.6. The minimum absolute atomic E-state index is 0.0177. The molecule has 2 aliphatic heterocycles. The van der Waals surface area contributed by atoms with Gasteiger partial charge in [-0.15, -0.1) is 0 Å². The van der Waals surface area contributed by atoms with Gasteiger partial charge in [-0.1, -0.05) is 6.92 Å². The van der Waals surface area contributed by atoms with E-state index >= 15 is 0 Å². The van der Waals surface area contributed by atoms with Gasteiger partial charge in [0.15, 0.2) is 6.10 Å². The Morgan fingerprint density at radius 1 is 1.16 bits per heavy atom. The summed E-state index contributed by atoms with van der Waals surface area (Å²) in [4.78, 5) is 27.4. The second kappa shape index (κ2) is 6.23. The molecular formula is C13H22N2O4. The van der Waals surface area contributed by atoms with Gasteiger partial charge in [0.1, 0.15) is 0 Å². The van der Waals surface area contributed by atoms with Gasteiger partial charge < -0.3 is 19.3 Å². The number of esters is 1. The van der Waals surface area contributed by atoms with Crippen LogP contribution in [0.2, 0.25) is 0 Å². The number of ether oxygens (including phenoxy) is 2. The molecule has 0 aliphatic carbocycles. The fourth-order valence-corrected chi connectivity index (χ4v) is 2.50. The number of nitrogens with zero attached hydrogens (tertiary/aromatic N) is 2. The first-order valence-electron chi connectivity index (χ1n) is 6.85. The van der Waals surface area contributed by atoms with E-state index in [0.717, 1.165) is 25.9 Å². The summed E-state index contributed by atoms with van der Waals surface area (Å²) in [5.74, 6) is 0.279. The van der Waals surface area contributed by atoms with Crippen LogP contribution in [0.15, 0.2) is 0 Å². The molecule has 2 aliphatic rings. The predicted molar refractivity (Wildman–Crippen MR) is 68.7 cm³/mol. The molecule has 6 heteroatoms. The highest BCUT2D eigenvalue weighted by Crippen LogP contribution is 2.18. The van der Waals surface area contributed by atoms with E-state index in [2.05, 4.69) is 11.7 Å². The summed E-state index contributed by atoms with van der Waals surface area (Å²) in [5, 5.41) is 0. The normalized spacial score (nSPS) is 25.3. The van der Waals surface area contributed by atoms with Crippen LogP contribution >= 0.6 is 0 Å². The molecule has 2 amide bonds. The second-order valence-corrected chi connectivity index (χ2v) is 5.28. The third-order valence-electron chi connectivity index (χ3n) is 3.86. The van der Waals surface area contributed by atoms with Crippen LogP contribution in [0.1, 0.15) is 19.8 Å². The Balaban J connectivity index is 1.90. The number of hydrogen-bond acceptors (Lipinski definition) is 4. The molecule has 2 saturated heterocycles. The van der Waals surface area contributed by atoms with E-state index in [4.69, 9.17) is 4.74 Å². The molecule has 1 atom stereocenters.